The van der Waals surface area contributed by atoms with Gasteiger partial charge in [0, 0.05) is 12.1 Å². The van der Waals surface area contributed by atoms with Gasteiger partial charge in [0.1, 0.15) is 11.6 Å². The van der Waals surface area contributed by atoms with E-state index in [1.807, 2.05) is 12.1 Å². The first-order valence-corrected chi connectivity index (χ1v) is 9.94. The molecule has 9 heteroatoms. The number of nitriles is 1. The lowest BCUT2D eigenvalue weighted by atomic mass is 9.98. The summed E-state index contributed by atoms with van der Waals surface area (Å²) in [6.07, 6.45) is 3.83. The molecular formula is C21H26N6O3. The number of ether oxygens (including phenoxy) is 3. The van der Waals surface area contributed by atoms with Crippen LogP contribution >= 0.6 is 0 Å². The highest BCUT2D eigenvalue weighted by atomic mass is 16.5. The number of rotatable bonds is 7. The molecule has 3 aromatic rings. The Kier molecular flexibility index (Phi) is 5.68. The average molecular weight is 410 g/mol. The number of aromatic nitrogens is 3. The molecule has 9 nitrogen and oxygen atoms in total. The fourth-order valence-corrected chi connectivity index (χ4v) is 3.93. The summed E-state index contributed by atoms with van der Waals surface area (Å²) in [6, 6.07) is 5.96. The Morgan fingerprint density at radius 2 is 1.87 bits per heavy atom. The Hall–Kier alpha value is -3.38. The van der Waals surface area contributed by atoms with Crippen molar-refractivity contribution in [1.29, 1.82) is 5.26 Å². The number of benzene rings is 1. The largest absolute Gasteiger partial charge is 0.493 e. The monoisotopic (exact) mass is 410 g/mol. The quantitative estimate of drug-likeness (QED) is 0.549. The zero-order valence-electron chi connectivity index (χ0n) is 17.4. The highest BCUT2D eigenvalue weighted by Crippen LogP contribution is 2.42. The van der Waals surface area contributed by atoms with E-state index >= 15 is 0 Å². The van der Waals surface area contributed by atoms with Crippen LogP contribution in [0.3, 0.4) is 0 Å². The van der Waals surface area contributed by atoms with Crippen molar-refractivity contribution in [3.05, 3.63) is 23.9 Å². The summed E-state index contributed by atoms with van der Waals surface area (Å²) in [5.74, 6) is 3.03. The molecule has 0 radical (unpaired) electrons. The highest BCUT2D eigenvalue weighted by molar-refractivity contribution is 5.80. The van der Waals surface area contributed by atoms with Crippen molar-refractivity contribution >= 4 is 11.5 Å². The van der Waals surface area contributed by atoms with Gasteiger partial charge in [0.15, 0.2) is 23.0 Å². The van der Waals surface area contributed by atoms with Gasteiger partial charge in [0.2, 0.25) is 5.75 Å². The van der Waals surface area contributed by atoms with Crippen LogP contribution in [0.15, 0.2) is 18.3 Å². The Bertz CT molecular complexity index is 1050. The molecule has 3 heterocycles. The first kappa shape index (κ1) is 19.9. The Morgan fingerprint density at radius 3 is 2.47 bits per heavy atom. The second-order valence-corrected chi connectivity index (χ2v) is 7.27. The van der Waals surface area contributed by atoms with Crippen molar-refractivity contribution in [2.24, 2.45) is 5.92 Å². The van der Waals surface area contributed by atoms with E-state index in [1.165, 1.54) is 0 Å². The molecule has 2 aromatic heterocycles. The number of nitrogens with one attached hydrogen (secondary N) is 3. The fraction of sp³-hybridized carbons (Fsp3) is 0.429. The van der Waals surface area contributed by atoms with E-state index < -0.39 is 0 Å². The Morgan fingerprint density at radius 1 is 1.17 bits per heavy atom. The van der Waals surface area contributed by atoms with Crippen LogP contribution < -0.4 is 24.8 Å². The predicted octanol–water partition coefficient (Wildman–Crippen LogP) is 2.64. The molecule has 0 atom stereocenters. The molecular weight excluding hydrogens is 384 g/mol. The van der Waals surface area contributed by atoms with Gasteiger partial charge in [-0.25, -0.2) is 0 Å². The standard InChI is InChI=1S/C21H26N6O3/c1-28-16-8-14(9-17(29-2)19(16)30-3)18-21(24-11-13-4-6-23-7-5-13)27-20(26-18)15(10-22)12-25-27/h8-9,12-13,23-24,26H,4-7,11H2,1-3H3. The van der Waals surface area contributed by atoms with Crippen LogP contribution in [0, 0.1) is 17.2 Å². The van der Waals surface area contributed by atoms with E-state index in [0.717, 1.165) is 49.6 Å². The molecule has 1 aromatic carbocycles. The third-order valence-electron chi connectivity index (χ3n) is 5.55. The molecule has 1 aliphatic rings. The van der Waals surface area contributed by atoms with Crippen molar-refractivity contribution in [3.8, 4) is 34.6 Å². The molecule has 3 N–H and O–H groups in total. The predicted molar refractivity (Wildman–Crippen MR) is 113 cm³/mol. The number of hydrogen-bond donors (Lipinski definition) is 3. The van der Waals surface area contributed by atoms with Gasteiger partial charge in [-0.05, 0) is 44.0 Å². The molecule has 0 spiro atoms. The minimum absolute atomic E-state index is 0.485. The van der Waals surface area contributed by atoms with Gasteiger partial charge in [0.25, 0.3) is 0 Å². The van der Waals surface area contributed by atoms with Gasteiger partial charge in [-0.3, -0.25) is 0 Å². The van der Waals surface area contributed by atoms with Gasteiger partial charge in [-0.15, -0.1) is 0 Å². The third-order valence-corrected chi connectivity index (χ3v) is 5.55. The van der Waals surface area contributed by atoms with Gasteiger partial charge in [0.05, 0.1) is 33.2 Å². The summed E-state index contributed by atoms with van der Waals surface area (Å²) >= 11 is 0. The van der Waals surface area contributed by atoms with E-state index in [0.29, 0.717) is 34.4 Å². The van der Waals surface area contributed by atoms with E-state index in [9.17, 15) is 5.26 Å². The van der Waals surface area contributed by atoms with Gasteiger partial charge in [-0.1, -0.05) is 0 Å². The molecule has 0 unspecified atom stereocenters. The normalized spacial score (nSPS) is 14.5. The number of methoxy groups -OCH3 is 3. The zero-order chi connectivity index (χ0) is 21.1. The SMILES string of the molecule is COc1cc(-c2[nH]c3c(C#N)cnn3c2NCC2CCNCC2)cc(OC)c1OC. The van der Waals surface area contributed by atoms with Crippen molar-refractivity contribution in [2.45, 2.75) is 12.8 Å². The van der Waals surface area contributed by atoms with Gasteiger partial charge < -0.3 is 29.8 Å². The number of aromatic amines is 1. The lowest BCUT2D eigenvalue weighted by molar-refractivity contribution is 0.324. The molecule has 0 saturated carbocycles. The molecule has 1 fully saturated rings. The molecule has 0 amide bonds. The summed E-state index contributed by atoms with van der Waals surface area (Å²) in [4.78, 5) is 3.36. The van der Waals surface area contributed by atoms with Crippen molar-refractivity contribution in [3.63, 3.8) is 0 Å². The van der Waals surface area contributed by atoms with Crippen molar-refractivity contribution in [2.75, 3.05) is 46.3 Å². The maximum absolute atomic E-state index is 9.45. The Balaban J connectivity index is 1.79. The molecule has 4 rings (SSSR count). The summed E-state index contributed by atoms with van der Waals surface area (Å²) in [5.41, 5.74) is 2.78. The van der Waals surface area contributed by atoms with Crippen molar-refractivity contribution in [1.82, 2.24) is 19.9 Å². The number of imidazole rings is 1. The van der Waals surface area contributed by atoms with Crippen LogP contribution in [0.1, 0.15) is 18.4 Å². The van der Waals surface area contributed by atoms with Crippen LogP contribution in [0.4, 0.5) is 5.82 Å². The van der Waals surface area contributed by atoms with Crippen LogP contribution in [-0.2, 0) is 0 Å². The zero-order valence-corrected chi connectivity index (χ0v) is 17.4. The minimum Gasteiger partial charge on any atom is -0.493 e. The first-order valence-electron chi connectivity index (χ1n) is 9.94. The number of fused-ring (bicyclic) bond motifs is 1. The maximum Gasteiger partial charge on any atom is 0.203 e. The third kappa shape index (κ3) is 3.50. The van der Waals surface area contributed by atoms with E-state index in [4.69, 9.17) is 14.2 Å². The molecule has 30 heavy (non-hydrogen) atoms. The molecule has 0 aliphatic carbocycles. The topological polar surface area (TPSA) is 109 Å². The second kappa shape index (κ2) is 8.55. The van der Waals surface area contributed by atoms with Gasteiger partial charge in [-0.2, -0.15) is 14.9 Å². The molecule has 1 aliphatic heterocycles. The summed E-state index contributed by atoms with van der Waals surface area (Å²) < 4.78 is 18.2. The number of H-pyrrole nitrogens is 1. The van der Waals surface area contributed by atoms with Crippen molar-refractivity contribution < 1.29 is 14.2 Å². The fourth-order valence-electron chi connectivity index (χ4n) is 3.93. The lowest BCUT2D eigenvalue weighted by Gasteiger charge is -2.23. The maximum atomic E-state index is 9.45. The summed E-state index contributed by atoms with van der Waals surface area (Å²) in [5, 5.41) is 20.8. The summed E-state index contributed by atoms with van der Waals surface area (Å²) in [7, 11) is 4.76. The summed E-state index contributed by atoms with van der Waals surface area (Å²) in [6.45, 7) is 2.90. The lowest BCUT2D eigenvalue weighted by Crippen LogP contribution is -2.31. The number of nitrogens with zero attached hydrogens (tertiary/aromatic N) is 3. The van der Waals surface area contributed by atoms with Crippen LogP contribution in [-0.4, -0.2) is 55.6 Å². The van der Waals surface area contributed by atoms with Crippen LogP contribution in [0.5, 0.6) is 17.2 Å². The number of anilines is 1. The van der Waals surface area contributed by atoms with E-state index in [2.05, 4.69) is 26.8 Å². The number of piperidine rings is 1. The molecule has 158 valence electrons. The average Bonchev–Trinajstić information content (AvgIpc) is 3.36. The van der Waals surface area contributed by atoms with E-state index in [-0.39, 0.29) is 0 Å². The Labute approximate surface area is 174 Å². The molecule has 1 saturated heterocycles. The highest BCUT2D eigenvalue weighted by Gasteiger charge is 2.22. The second-order valence-electron chi connectivity index (χ2n) is 7.27. The number of hydrogen-bond acceptors (Lipinski definition) is 7. The smallest absolute Gasteiger partial charge is 0.203 e. The van der Waals surface area contributed by atoms with Crippen LogP contribution in [0.2, 0.25) is 0 Å². The molecule has 0 bridgehead atoms. The van der Waals surface area contributed by atoms with E-state index in [1.54, 1.807) is 32.0 Å². The minimum atomic E-state index is 0.485. The van der Waals surface area contributed by atoms with Crippen LogP contribution in [0.25, 0.3) is 16.9 Å². The first-order chi connectivity index (χ1) is 14.7. The van der Waals surface area contributed by atoms with Gasteiger partial charge >= 0.3 is 0 Å².